The number of alkyl halides is 1. The van der Waals surface area contributed by atoms with E-state index in [0.717, 1.165) is 75.3 Å². The number of anilines is 1. The molecule has 1 saturated carbocycles. The molecular weight excluding hydrogens is 501 g/mol. The number of ether oxygens (including phenoxy) is 2. The summed E-state index contributed by atoms with van der Waals surface area (Å²) in [6, 6.07) is 2.13. The van der Waals surface area contributed by atoms with Crippen LogP contribution in [0.15, 0.2) is 12.3 Å². The van der Waals surface area contributed by atoms with E-state index in [1.165, 1.54) is 0 Å². The van der Waals surface area contributed by atoms with Crippen LogP contribution in [0.2, 0.25) is 0 Å². The summed E-state index contributed by atoms with van der Waals surface area (Å²) in [6.45, 7) is 9.38. The Labute approximate surface area is 229 Å². The molecule has 2 N–H and O–H groups in total. The number of rotatable bonds is 8. The number of fused-ring (bicyclic) bond motifs is 1. The van der Waals surface area contributed by atoms with Gasteiger partial charge in [0.2, 0.25) is 5.88 Å². The van der Waals surface area contributed by atoms with Crippen LogP contribution in [0.5, 0.6) is 5.88 Å². The predicted octanol–water partition coefficient (Wildman–Crippen LogP) is 3.57. The fourth-order valence-electron chi connectivity index (χ4n) is 6.01. The van der Waals surface area contributed by atoms with Crippen LogP contribution in [-0.2, 0) is 4.74 Å². The van der Waals surface area contributed by atoms with Crippen molar-refractivity contribution in [3.63, 3.8) is 0 Å². The van der Waals surface area contributed by atoms with Gasteiger partial charge >= 0.3 is 6.09 Å². The summed E-state index contributed by atoms with van der Waals surface area (Å²) in [5.41, 5.74) is 0.880. The van der Waals surface area contributed by atoms with E-state index in [0.29, 0.717) is 38.4 Å². The third kappa shape index (κ3) is 6.24. The van der Waals surface area contributed by atoms with Gasteiger partial charge in [-0.2, -0.15) is 14.6 Å². The van der Waals surface area contributed by atoms with Crippen LogP contribution < -0.4 is 15.4 Å². The Hall–Kier alpha value is -2.66. The molecule has 0 spiro atoms. The lowest BCUT2D eigenvalue weighted by molar-refractivity contribution is 0.0640. The largest absolute Gasteiger partial charge is 0.473 e. The van der Waals surface area contributed by atoms with Crippen molar-refractivity contribution in [3.05, 3.63) is 17.8 Å². The molecule has 0 radical (unpaired) electrons. The van der Waals surface area contributed by atoms with E-state index in [1.54, 1.807) is 0 Å². The van der Waals surface area contributed by atoms with Crippen LogP contribution in [0.1, 0.15) is 70.3 Å². The van der Waals surface area contributed by atoms with Crippen molar-refractivity contribution in [3.8, 4) is 5.88 Å². The number of nitrogens with zero attached hydrogens (tertiary/aromatic N) is 5. The quantitative estimate of drug-likeness (QED) is 0.522. The van der Waals surface area contributed by atoms with Crippen LogP contribution in [0, 0.1) is 0 Å². The molecule has 5 heterocycles. The molecule has 3 aliphatic heterocycles. The molecule has 39 heavy (non-hydrogen) atoms. The first kappa shape index (κ1) is 26.6. The first-order chi connectivity index (χ1) is 18.8. The Balaban J connectivity index is 1.13. The molecule has 2 atom stereocenters. The minimum absolute atomic E-state index is 0.0151. The molecule has 10 nitrogen and oxygen atoms in total. The highest BCUT2D eigenvalue weighted by Gasteiger charge is 2.45. The lowest BCUT2D eigenvalue weighted by atomic mass is 10.1. The summed E-state index contributed by atoms with van der Waals surface area (Å²) in [5.74, 6) is 1.69. The smallest absolute Gasteiger partial charge is 0.410 e. The van der Waals surface area contributed by atoms with Crippen molar-refractivity contribution in [2.24, 2.45) is 0 Å². The summed E-state index contributed by atoms with van der Waals surface area (Å²) >= 11 is 0. The number of piperidine rings is 2. The number of amides is 1. The highest BCUT2D eigenvalue weighted by molar-refractivity contribution is 5.68. The van der Waals surface area contributed by atoms with Crippen LogP contribution in [-0.4, -0.2) is 100 Å². The molecule has 6 rings (SSSR count). The van der Waals surface area contributed by atoms with Gasteiger partial charge in [0, 0.05) is 50.4 Å². The standard InChI is InChI=1S/C28H42FN7O3/c1-19(2)23-16-31-36-24(32-20-6-12-35(13-7-20)27(37)39-21-5-10-30-15-21)14-25(33-26(23)36)38-22-4-3-11-34(17-22)18-28(29)8-9-28/h14,16,19-22,30,32H,3-13,15,17-18H2,1-2H3/t21?,22-/m1/s1. The highest BCUT2D eigenvalue weighted by atomic mass is 19.1. The van der Waals surface area contributed by atoms with Crippen molar-refractivity contribution >= 4 is 17.6 Å². The van der Waals surface area contributed by atoms with Crippen LogP contribution in [0.4, 0.5) is 15.0 Å². The summed E-state index contributed by atoms with van der Waals surface area (Å²) in [5, 5.41) is 11.6. The van der Waals surface area contributed by atoms with E-state index in [2.05, 4.69) is 34.5 Å². The topological polar surface area (TPSA) is 96.3 Å². The molecule has 2 aromatic heterocycles. The number of carbonyl (C=O) groups is 1. The molecule has 1 amide bonds. The summed E-state index contributed by atoms with van der Waals surface area (Å²) in [7, 11) is 0. The molecule has 1 aliphatic carbocycles. The molecule has 1 unspecified atom stereocenters. The van der Waals surface area contributed by atoms with Crippen LogP contribution in [0.25, 0.3) is 5.65 Å². The van der Waals surface area contributed by atoms with Crippen molar-refractivity contribution in [1.82, 2.24) is 29.7 Å². The Kier molecular flexibility index (Phi) is 7.54. The normalized spacial score (nSPS) is 25.8. The molecule has 2 aromatic rings. The third-order valence-electron chi connectivity index (χ3n) is 8.53. The lowest BCUT2D eigenvalue weighted by Crippen LogP contribution is -2.44. The highest BCUT2D eigenvalue weighted by Crippen LogP contribution is 2.41. The number of nitrogens with one attached hydrogen (secondary N) is 2. The van der Waals surface area contributed by atoms with Gasteiger partial charge in [0.05, 0.1) is 6.20 Å². The van der Waals surface area contributed by atoms with Gasteiger partial charge in [0.15, 0.2) is 5.65 Å². The van der Waals surface area contributed by atoms with Crippen LogP contribution in [0.3, 0.4) is 0 Å². The average molecular weight is 544 g/mol. The second-order valence-electron chi connectivity index (χ2n) is 12.1. The van der Waals surface area contributed by atoms with Gasteiger partial charge < -0.3 is 25.0 Å². The third-order valence-corrected chi connectivity index (χ3v) is 8.53. The van der Waals surface area contributed by atoms with Gasteiger partial charge in [0.25, 0.3) is 0 Å². The first-order valence-electron chi connectivity index (χ1n) is 14.7. The minimum atomic E-state index is -0.986. The number of carbonyl (C=O) groups excluding carboxylic acids is 1. The Morgan fingerprint density at radius 2 is 2.03 bits per heavy atom. The van der Waals surface area contributed by atoms with E-state index in [-0.39, 0.29) is 30.3 Å². The number of hydrogen-bond donors (Lipinski definition) is 2. The monoisotopic (exact) mass is 543 g/mol. The predicted molar refractivity (Wildman–Crippen MR) is 146 cm³/mol. The second-order valence-corrected chi connectivity index (χ2v) is 12.1. The van der Waals surface area contributed by atoms with Crippen molar-refractivity contribution in [2.45, 2.75) is 88.6 Å². The van der Waals surface area contributed by atoms with Gasteiger partial charge in [0.1, 0.15) is 23.7 Å². The molecule has 3 saturated heterocycles. The number of hydrogen-bond acceptors (Lipinski definition) is 8. The molecule has 0 aromatic carbocycles. The average Bonchev–Trinajstić information content (AvgIpc) is 3.27. The number of aromatic nitrogens is 3. The van der Waals surface area contributed by atoms with Gasteiger partial charge in [-0.3, -0.25) is 4.90 Å². The Morgan fingerprint density at radius 3 is 2.74 bits per heavy atom. The fraction of sp³-hybridized carbons (Fsp3) is 0.750. The number of halogens is 1. The minimum Gasteiger partial charge on any atom is -0.473 e. The zero-order valence-electron chi connectivity index (χ0n) is 23.2. The van der Waals surface area contributed by atoms with Crippen molar-refractivity contribution in [2.75, 3.05) is 51.1 Å². The Morgan fingerprint density at radius 1 is 1.21 bits per heavy atom. The molecule has 214 valence electrons. The maximum Gasteiger partial charge on any atom is 0.410 e. The molecule has 11 heteroatoms. The van der Waals surface area contributed by atoms with E-state index in [9.17, 15) is 9.18 Å². The molecule has 0 bridgehead atoms. The van der Waals surface area contributed by atoms with Gasteiger partial charge in [-0.25, -0.2) is 9.18 Å². The Bertz CT molecular complexity index is 1160. The maximum absolute atomic E-state index is 14.4. The molecule has 4 aliphatic rings. The maximum atomic E-state index is 14.4. The first-order valence-corrected chi connectivity index (χ1v) is 14.7. The fourth-order valence-corrected chi connectivity index (χ4v) is 6.01. The van der Waals surface area contributed by atoms with E-state index < -0.39 is 5.67 Å². The van der Waals surface area contributed by atoms with Crippen LogP contribution >= 0.6 is 0 Å². The lowest BCUT2D eigenvalue weighted by Gasteiger charge is -2.34. The summed E-state index contributed by atoms with van der Waals surface area (Å²) < 4.78 is 28.3. The second kappa shape index (κ2) is 11.1. The van der Waals surface area contributed by atoms with E-state index in [1.807, 2.05) is 21.7 Å². The summed E-state index contributed by atoms with van der Waals surface area (Å²) in [4.78, 5) is 21.5. The zero-order chi connectivity index (χ0) is 27.0. The number of likely N-dealkylation sites (tertiary alicyclic amines) is 2. The zero-order valence-corrected chi connectivity index (χ0v) is 23.2. The van der Waals surface area contributed by atoms with E-state index >= 15 is 0 Å². The van der Waals surface area contributed by atoms with Crippen molar-refractivity contribution in [1.29, 1.82) is 0 Å². The van der Waals surface area contributed by atoms with Gasteiger partial charge in [-0.05, 0) is 64.0 Å². The van der Waals surface area contributed by atoms with Gasteiger partial charge in [-0.1, -0.05) is 13.8 Å². The molecule has 4 fully saturated rings. The SMILES string of the molecule is CC(C)c1cnn2c(NC3CCN(C(=O)OC4CCNC4)CC3)cc(O[C@@H]3CCCN(CC4(F)CC4)C3)nc12. The van der Waals surface area contributed by atoms with Crippen molar-refractivity contribution < 1.29 is 18.7 Å². The summed E-state index contributed by atoms with van der Waals surface area (Å²) in [6.07, 6.45) is 7.45. The van der Waals surface area contributed by atoms with E-state index in [4.69, 9.17) is 14.5 Å². The van der Waals surface area contributed by atoms with Gasteiger partial charge in [-0.15, -0.1) is 0 Å². The molecular formula is C28H42FN7O3.